The van der Waals surface area contributed by atoms with E-state index in [1.54, 1.807) is 0 Å². The second-order valence-corrected chi connectivity index (χ2v) is 4.21. The number of nitrogens with two attached hydrogens (primary N) is 1. The maximum atomic E-state index is 5.62. The Morgan fingerprint density at radius 3 is 3.07 bits per heavy atom. The van der Waals surface area contributed by atoms with E-state index in [1.165, 1.54) is 23.8 Å². The first-order valence-electron chi connectivity index (χ1n) is 5.54. The Kier molecular flexibility index (Phi) is 1.99. The van der Waals surface area contributed by atoms with Gasteiger partial charge < -0.3 is 10.3 Å². The van der Waals surface area contributed by atoms with Crippen LogP contribution in [0.25, 0.3) is 11.0 Å². The first-order valence-corrected chi connectivity index (χ1v) is 5.54. The summed E-state index contributed by atoms with van der Waals surface area (Å²) in [6.45, 7) is 0.707. The summed E-state index contributed by atoms with van der Waals surface area (Å²) in [5, 5.41) is 1.27. The molecule has 0 amide bonds. The molecule has 0 saturated heterocycles. The third kappa shape index (κ3) is 1.43. The van der Waals surface area contributed by atoms with E-state index in [0.717, 1.165) is 12.1 Å². The van der Waals surface area contributed by atoms with Crippen LogP contribution in [0.4, 0.5) is 0 Å². The molecule has 1 aliphatic carbocycles. The highest BCUT2D eigenvalue weighted by Crippen LogP contribution is 2.38. The third-order valence-electron chi connectivity index (χ3n) is 3.03. The van der Waals surface area contributed by atoms with Gasteiger partial charge >= 0.3 is 0 Å². The van der Waals surface area contributed by atoms with Gasteiger partial charge in [0, 0.05) is 23.8 Å². The van der Waals surface area contributed by atoms with Crippen LogP contribution >= 0.6 is 0 Å². The van der Waals surface area contributed by atoms with E-state index in [2.05, 4.69) is 21.8 Å². The number of hydrogen-bond donors (Lipinski definition) is 1. The lowest BCUT2D eigenvalue weighted by Crippen LogP contribution is -2.02. The van der Waals surface area contributed by atoms with E-state index in [9.17, 15) is 0 Å². The van der Waals surface area contributed by atoms with Crippen molar-refractivity contribution in [2.24, 2.45) is 5.73 Å². The molecule has 0 spiro atoms. The molecule has 1 saturated carbocycles. The average Bonchev–Trinajstić information content (AvgIpc) is 3.04. The van der Waals surface area contributed by atoms with Gasteiger partial charge in [-0.05, 0) is 43.5 Å². The van der Waals surface area contributed by atoms with Gasteiger partial charge in [0.25, 0.3) is 0 Å². The van der Waals surface area contributed by atoms with Crippen molar-refractivity contribution < 1.29 is 0 Å². The molecule has 3 rings (SSSR count). The number of hydrogen-bond acceptors (Lipinski definition) is 2. The summed E-state index contributed by atoms with van der Waals surface area (Å²) in [6, 6.07) is 4.83. The van der Waals surface area contributed by atoms with Crippen molar-refractivity contribution in [1.29, 1.82) is 0 Å². The average molecular weight is 201 g/mol. The molecular formula is C12H15N3. The van der Waals surface area contributed by atoms with Gasteiger partial charge in [0.05, 0.1) is 0 Å². The third-order valence-corrected chi connectivity index (χ3v) is 3.03. The molecule has 0 unspecified atom stereocenters. The first kappa shape index (κ1) is 8.92. The van der Waals surface area contributed by atoms with Crippen molar-refractivity contribution >= 4 is 11.0 Å². The number of nitrogens with zero attached hydrogens (tertiary/aromatic N) is 2. The number of aromatic nitrogens is 2. The molecule has 0 aliphatic heterocycles. The van der Waals surface area contributed by atoms with Crippen LogP contribution in [0, 0.1) is 0 Å². The highest BCUT2D eigenvalue weighted by molar-refractivity contribution is 5.80. The van der Waals surface area contributed by atoms with Crippen LogP contribution in [0.2, 0.25) is 0 Å². The Morgan fingerprint density at radius 2 is 2.33 bits per heavy atom. The van der Waals surface area contributed by atoms with Crippen LogP contribution in [-0.4, -0.2) is 16.1 Å². The zero-order valence-electron chi connectivity index (χ0n) is 8.69. The van der Waals surface area contributed by atoms with Gasteiger partial charge in [0.1, 0.15) is 5.65 Å². The Morgan fingerprint density at radius 1 is 1.47 bits per heavy atom. The smallest absolute Gasteiger partial charge is 0.140 e. The van der Waals surface area contributed by atoms with E-state index < -0.39 is 0 Å². The SMILES string of the molecule is NCCc1cn(C2CC2)c2ncccc12. The minimum atomic E-state index is 0.689. The van der Waals surface area contributed by atoms with Crippen molar-refractivity contribution in [1.82, 2.24) is 9.55 Å². The summed E-state index contributed by atoms with van der Waals surface area (Å²) in [5.74, 6) is 0. The van der Waals surface area contributed by atoms with Crippen LogP contribution in [-0.2, 0) is 6.42 Å². The van der Waals surface area contributed by atoms with Gasteiger partial charge in [0.15, 0.2) is 0 Å². The fourth-order valence-electron chi connectivity index (χ4n) is 2.14. The molecule has 0 bridgehead atoms. The molecule has 2 heterocycles. The Hall–Kier alpha value is -1.35. The molecule has 15 heavy (non-hydrogen) atoms. The van der Waals surface area contributed by atoms with Crippen LogP contribution in [0.1, 0.15) is 24.4 Å². The molecule has 3 nitrogen and oxygen atoms in total. The van der Waals surface area contributed by atoms with Gasteiger partial charge in [-0.1, -0.05) is 0 Å². The lowest BCUT2D eigenvalue weighted by Gasteiger charge is -1.99. The quantitative estimate of drug-likeness (QED) is 0.823. The largest absolute Gasteiger partial charge is 0.330 e. The predicted molar refractivity (Wildman–Crippen MR) is 60.8 cm³/mol. The van der Waals surface area contributed by atoms with E-state index in [4.69, 9.17) is 5.73 Å². The molecule has 0 aromatic carbocycles. The Balaban J connectivity index is 2.18. The van der Waals surface area contributed by atoms with E-state index >= 15 is 0 Å². The molecule has 2 aromatic rings. The van der Waals surface area contributed by atoms with E-state index in [1.807, 2.05) is 12.3 Å². The second-order valence-electron chi connectivity index (χ2n) is 4.21. The summed E-state index contributed by atoms with van der Waals surface area (Å²) >= 11 is 0. The minimum Gasteiger partial charge on any atom is -0.330 e. The van der Waals surface area contributed by atoms with E-state index in [0.29, 0.717) is 12.6 Å². The Bertz CT molecular complexity index is 483. The highest BCUT2D eigenvalue weighted by atomic mass is 15.1. The van der Waals surface area contributed by atoms with Crippen LogP contribution in [0.5, 0.6) is 0 Å². The standard InChI is InChI=1S/C12H15N3/c13-6-5-9-8-15(10-3-4-10)12-11(9)2-1-7-14-12/h1-2,7-8,10H,3-6,13H2. The monoisotopic (exact) mass is 201 g/mol. The molecule has 2 N–H and O–H groups in total. The topological polar surface area (TPSA) is 43.8 Å². The van der Waals surface area contributed by atoms with Gasteiger partial charge in [-0.15, -0.1) is 0 Å². The summed E-state index contributed by atoms with van der Waals surface area (Å²) in [4.78, 5) is 4.47. The summed E-state index contributed by atoms with van der Waals surface area (Å²) in [6.07, 6.45) is 7.64. The normalized spacial score (nSPS) is 16.1. The second kappa shape index (κ2) is 3.35. The van der Waals surface area contributed by atoms with Crippen LogP contribution in [0.3, 0.4) is 0 Å². The zero-order chi connectivity index (χ0) is 10.3. The van der Waals surface area contributed by atoms with Crippen molar-refractivity contribution in [2.45, 2.75) is 25.3 Å². The zero-order valence-corrected chi connectivity index (χ0v) is 8.69. The lowest BCUT2D eigenvalue weighted by molar-refractivity contribution is 0.761. The van der Waals surface area contributed by atoms with Crippen LogP contribution in [0.15, 0.2) is 24.5 Å². The maximum absolute atomic E-state index is 5.62. The molecule has 1 aliphatic rings. The van der Waals surface area contributed by atoms with Crippen molar-refractivity contribution in [3.8, 4) is 0 Å². The van der Waals surface area contributed by atoms with Crippen molar-refractivity contribution in [3.05, 3.63) is 30.1 Å². The summed E-state index contributed by atoms with van der Waals surface area (Å²) < 4.78 is 2.32. The number of rotatable bonds is 3. The molecular weight excluding hydrogens is 186 g/mol. The maximum Gasteiger partial charge on any atom is 0.140 e. The van der Waals surface area contributed by atoms with Gasteiger partial charge in [-0.2, -0.15) is 0 Å². The predicted octanol–water partition coefficient (Wildman–Crippen LogP) is 1.87. The van der Waals surface area contributed by atoms with Crippen LogP contribution < -0.4 is 5.73 Å². The van der Waals surface area contributed by atoms with E-state index in [-0.39, 0.29) is 0 Å². The first-order chi connectivity index (χ1) is 7.40. The fourth-order valence-corrected chi connectivity index (χ4v) is 2.14. The minimum absolute atomic E-state index is 0.689. The highest BCUT2D eigenvalue weighted by Gasteiger charge is 2.25. The number of pyridine rings is 1. The lowest BCUT2D eigenvalue weighted by atomic mass is 10.2. The number of fused-ring (bicyclic) bond motifs is 1. The molecule has 3 heteroatoms. The summed E-state index contributed by atoms with van der Waals surface area (Å²) in [7, 11) is 0. The van der Waals surface area contributed by atoms with Crippen molar-refractivity contribution in [3.63, 3.8) is 0 Å². The summed E-state index contributed by atoms with van der Waals surface area (Å²) in [5.41, 5.74) is 8.09. The molecule has 2 aromatic heterocycles. The fraction of sp³-hybridized carbons (Fsp3) is 0.417. The Labute approximate surface area is 88.9 Å². The van der Waals surface area contributed by atoms with Gasteiger partial charge in [0.2, 0.25) is 0 Å². The molecule has 78 valence electrons. The van der Waals surface area contributed by atoms with Gasteiger partial charge in [-0.25, -0.2) is 4.98 Å². The molecule has 0 atom stereocenters. The van der Waals surface area contributed by atoms with Gasteiger partial charge in [-0.3, -0.25) is 0 Å². The van der Waals surface area contributed by atoms with Crippen molar-refractivity contribution in [2.75, 3.05) is 6.54 Å². The molecule has 0 radical (unpaired) electrons. The molecule has 1 fully saturated rings.